The molecule has 3 heteroatoms. The monoisotopic (exact) mass is 380 g/mol. The Hall–Kier alpha value is -1.38. The van der Waals surface area contributed by atoms with Crippen LogP contribution >= 0.6 is 0 Å². The highest BCUT2D eigenvalue weighted by Gasteiger charge is 2.60. The van der Waals surface area contributed by atoms with Gasteiger partial charge in [0.15, 0.2) is 5.78 Å². The van der Waals surface area contributed by atoms with E-state index in [2.05, 4.69) is 31.9 Å². The number of Topliss-reactive ketones (excluding diaryl/α,β-unsaturated/α-hetero) is 1. The van der Waals surface area contributed by atoms with Crippen molar-refractivity contribution < 1.29 is 4.79 Å². The van der Waals surface area contributed by atoms with Crippen molar-refractivity contribution in [1.82, 2.24) is 9.78 Å². The van der Waals surface area contributed by atoms with Gasteiger partial charge >= 0.3 is 0 Å². The van der Waals surface area contributed by atoms with Gasteiger partial charge < -0.3 is 0 Å². The Morgan fingerprint density at radius 1 is 1.14 bits per heavy atom. The highest BCUT2D eigenvalue weighted by molar-refractivity contribution is 6.05. The average Bonchev–Trinajstić information content (AvgIpc) is 3.24. The predicted molar refractivity (Wildman–Crippen MR) is 113 cm³/mol. The Morgan fingerprint density at radius 3 is 2.82 bits per heavy atom. The quantitative estimate of drug-likeness (QED) is 0.599. The lowest BCUT2D eigenvalue weighted by Crippen LogP contribution is -2.52. The fourth-order valence-electron chi connectivity index (χ4n) is 8.00. The first kappa shape index (κ1) is 18.6. The molecule has 1 heterocycles. The van der Waals surface area contributed by atoms with E-state index >= 15 is 0 Å². The summed E-state index contributed by atoms with van der Waals surface area (Å²) in [5.74, 6) is 3.54. The van der Waals surface area contributed by atoms with E-state index in [0.29, 0.717) is 17.1 Å². The van der Waals surface area contributed by atoms with Gasteiger partial charge in [0.1, 0.15) is 0 Å². The van der Waals surface area contributed by atoms with Gasteiger partial charge in [-0.15, -0.1) is 0 Å². The molecule has 0 unspecified atom stereocenters. The topological polar surface area (TPSA) is 34.9 Å². The van der Waals surface area contributed by atoms with E-state index in [9.17, 15) is 4.79 Å². The van der Waals surface area contributed by atoms with Crippen LogP contribution in [0.4, 0.5) is 0 Å². The first-order valence-electron chi connectivity index (χ1n) is 11.7. The number of carbonyl (C=O) groups is 1. The standard InChI is InChI=1S/C25H36N2O/c1-4-27-19(11-14-26-27)15-17-16-22-20-9-8-18-7-5-6-12-24(18,2)21(20)10-13-25(22,3)23(17)28/h11,14-15,18,20-22H,4-10,12-13,16H2,1-3H3/b17-15-/t18-,20-,21+,22+,24-,25+/m0/s1. The molecule has 0 saturated heterocycles. The minimum Gasteiger partial charge on any atom is -0.294 e. The number of nitrogens with zero attached hydrogens (tertiary/aromatic N) is 2. The Balaban J connectivity index is 1.47. The molecule has 4 aliphatic carbocycles. The molecule has 28 heavy (non-hydrogen) atoms. The number of rotatable bonds is 2. The molecule has 0 N–H and O–H groups in total. The lowest BCUT2D eigenvalue weighted by molar-refractivity contribution is -0.137. The Labute approximate surface area is 170 Å². The summed E-state index contributed by atoms with van der Waals surface area (Å²) >= 11 is 0. The van der Waals surface area contributed by atoms with Crippen LogP contribution in [0.3, 0.4) is 0 Å². The minimum absolute atomic E-state index is 0.123. The van der Waals surface area contributed by atoms with Crippen molar-refractivity contribution in [3.63, 3.8) is 0 Å². The van der Waals surface area contributed by atoms with Gasteiger partial charge in [0, 0.05) is 18.2 Å². The number of hydrogen-bond donors (Lipinski definition) is 0. The zero-order valence-electron chi connectivity index (χ0n) is 17.9. The molecule has 4 aliphatic rings. The molecule has 0 aromatic carbocycles. The summed E-state index contributed by atoms with van der Waals surface area (Å²) in [4.78, 5) is 13.5. The van der Waals surface area contributed by atoms with E-state index in [1.165, 1.54) is 44.9 Å². The van der Waals surface area contributed by atoms with Gasteiger partial charge in [0.2, 0.25) is 0 Å². The largest absolute Gasteiger partial charge is 0.294 e. The fourth-order valence-corrected chi connectivity index (χ4v) is 8.00. The van der Waals surface area contributed by atoms with Crippen LogP contribution in [0.15, 0.2) is 17.8 Å². The van der Waals surface area contributed by atoms with Crippen molar-refractivity contribution in [2.45, 2.75) is 85.1 Å². The first-order chi connectivity index (χ1) is 13.5. The molecule has 152 valence electrons. The third kappa shape index (κ3) is 2.53. The van der Waals surface area contributed by atoms with Crippen molar-refractivity contribution in [1.29, 1.82) is 0 Å². The molecule has 4 fully saturated rings. The summed E-state index contributed by atoms with van der Waals surface area (Å²) < 4.78 is 2.00. The molecule has 3 nitrogen and oxygen atoms in total. The fraction of sp³-hybridized carbons (Fsp3) is 0.760. The molecule has 4 saturated carbocycles. The van der Waals surface area contributed by atoms with Gasteiger partial charge in [-0.3, -0.25) is 9.48 Å². The Kier molecular flexibility index (Phi) is 4.37. The maximum atomic E-state index is 13.5. The molecule has 0 bridgehead atoms. The van der Waals surface area contributed by atoms with E-state index in [1.54, 1.807) is 0 Å². The van der Waals surface area contributed by atoms with E-state index < -0.39 is 0 Å². The second kappa shape index (κ2) is 6.57. The van der Waals surface area contributed by atoms with Crippen LogP contribution < -0.4 is 0 Å². The maximum absolute atomic E-state index is 13.5. The molecule has 0 amide bonds. The normalized spacial score (nSPS) is 44.2. The lowest BCUT2D eigenvalue weighted by Gasteiger charge is -2.59. The van der Waals surface area contributed by atoms with Crippen LogP contribution in [0.25, 0.3) is 6.08 Å². The summed E-state index contributed by atoms with van der Waals surface area (Å²) in [7, 11) is 0. The van der Waals surface area contributed by atoms with Crippen LogP contribution in [0, 0.1) is 34.5 Å². The lowest BCUT2D eigenvalue weighted by atomic mass is 9.45. The van der Waals surface area contributed by atoms with Gasteiger partial charge in [-0.05, 0) is 98.7 Å². The Bertz CT molecular complexity index is 807. The van der Waals surface area contributed by atoms with Gasteiger partial charge in [0.05, 0.1) is 5.69 Å². The molecular formula is C25H36N2O. The third-order valence-corrected chi connectivity index (χ3v) is 9.59. The van der Waals surface area contributed by atoms with Crippen LogP contribution in [0.1, 0.15) is 84.3 Å². The van der Waals surface area contributed by atoms with E-state index in [-0.39, 0.29) is 5.41 Å². The van der Waals surface area contributed by atoms with Crippen molar-refractivity contribution in [3.05, 3.63) is 23.5 Å². The smallest absolute Gasteiger partial charge is 0.165 e. The van der Waals surface area contributed by atoms with E-state index in [0.717, 1.165) is 48.4 Å². The second-order valence-electron chi connectivity index (χ2n) is 10.6. The second-order valence-corrected chi connectivity index (χ2v) is 10.6. The zero-order valence-corrected chi connectivity index (χ0v) is 17.9. The van der Waals surface area contributed by atoms with Crippen molar-refractivity contribution in [2.75, 3.05) is 0 Å². The average molecular weight is 381 g/mol. The van der Waals surface area contributed by atoms with E-state index in [4.69, 9.17) is 0 Å². The van der Waals surface area contributed by atoms with Gasteiger partial charge in [-0.2, -0.15) is 5.10 Å². The number of aryl methyl sites for hydroxylation is 1. The zero-order chi connectivity index (χ0) is 19.5. The number of allylic oxidation sites excluding steroid dienone is 1. The molecule has 0 aliphatic heterocycles. The SMILES string of the molecule is CCn1nccc1/C=C1/C[C@@H]2[C@H]3CC[C@@H]4CCCC[C@]4(C)[C@@H]3CC[C@@]2(C)C1=O. The summed E-state index contributed by atoms with van der Waals surface area (Å²) in [6.07, 6.45) is 15.9. The summed E-state index contributed by atoms with van der Waals surface area (Å²) in [5.41, 5.74) is 2.58. The van der Waals surface area contributed by atoms with E-state index in [1.807, 2.05) is 16.9 Å². The highest BCUT2D eigenvalue weighted by Crippen LogP contribution is 2.66. The van der Waals surface area contributed by atoms with Crippen LogP contribution in [0.2, 0.25) is 0 Å². The molecule has 1 aromatic rings. The molecule has 0 radical (unpaired) electrons. The van der Waals surface area contributed by atoms with Crippen LogP contribution in [0.5, 0.6) is 0 Å². The molecular weight excluding hydrogens is 344 g/mol. The van der Waals surface area contributed by atoms with Gasteiger partial charge in [0.25, 0.3) is 0 Å². The van der Waals surface area contributed by atoms with Gasteiger partial charge in [-0.25, -0.2) is 0 Å². The van der Waals surface area contributed by atoms with Gasteiger partial charge in [-0.1, -0.05) is 26.7 Å². The summed E-state index contributed by atoms with van der Waals surface area (Å²) in [6.45, 7) is 7.87. The number of aromatic nitrogens is 2. The van der Waals surface area contributed by atoms with Crippen molar-refractivity contribution in [2.24, 2.45) is 34.5 Å². The first-order valence-corrected chi connectivity index (χ1v) is 11.7. The summed E-state index contributed by atoms with van der Waals surface area (Å²) in [6, 6.07) is 2.05. The molecule has 0 spiro atoms. The van der Waals surface area contributed by atoms with Crippen molar-refractivity contribution in [3.8, 4) is 0 Å². The predicted octanol–water partition coefficient (Wildman–Crippen LogP) is 5.90. The number of hydrogen-bond acceptors (Lipinski definition) is 2. The number of fused-ring (bicyclic) bond motifs is 5. The molecule has 1 aromatic heterocycles. The molecule has 6 atom stereocenters. The van der Waals surface area contributed by atoms with Crippen LogP contribution in [-0.2, 0) is 11.3 Å². The van der Waals surface area contributed by atoms with Crippen LogP contribution in [-0.4, -0.2) is 15.6 Å². The number of ketones is 1. The maximum Gasteiger partial charge on any atom is 0.165 e. The van der Waals surface area contributed by atoms with Crippen molar-refractivity contribution >= 4 is 11.9 Å². The molecule has 5 rings (SSSR count). The third-order valence-electron chi connectivity index (χ3n) is 9.59. The number of carbonyl (C=O) groups excluding carboxylic acids is 1. The highest BCUT2D eigenvalue weighted by atomic mass is 16.1. The Morgan fingerprint density at radius 2 is 2.00 bits per heavy atom. The summed E-state index contributed by atoms with van der Waals surface area (Å²) in [5, 5.41) is 4.39. The minimum atomic E-state index is -0.123.